The molecule has 0 spiro atoms. The van der Waals surface area contributed by atoms with Crippen LogP contribution >= 0.6 is 0 Å². The van der Waals surface area contributed by atoms with Crippen molar-refractivity contribution >= 4 is 0 Å². The Morgan fingerprint density at radius 1 is 0.423 bits per heavy atom. The first-order valence-corrected chi connectivity index (χ1v) is 19.0. The van der Waals surface area contributed by atoms with Crippen LogP contribution in [0.15, 0.2) is 72.8 Å². The van der Waals surface area contributed by atoms with E-state index in [9.17, 15) is 15.3 Å². The van der Waals surface area contributed by atoms with Gasteiger partial charge in [-0.2, -0.15) is 0 Å². The van der Waals surface area contributed by atoms with Gasteiger partial charge in [0.2, 0.25) is 0 Å². The maximum Gasteiger partial charge on any atom is 0.119 e. The zero-order valence-electron chi connectivity index (χ0n) is 30.4. The second-order valence-corrected chi connectivity index (χ2v) is 14.2. The Bertz CT molecular complexity index is 1260. The summed E-state index contributed by atoms with van der Waals surface area (Å²) in [6.07, 6.45) is -1.67. The number of hydrogen-bond acceptors (Lipinski definition) is 12. The maximum atomic E-state index is 10.6. The zero-order valence-corrected chi connectivity index (χ0v) is 30.4. The molecular weight excluding hydrogens is 660 g/mol. The van der Waals surface area contributed by atoms with Gasteiger partial charge in [-0.25, -0.2) is 0 Å². The Morgan fingerprint density at radius 3 is 0.923 bits per heavy atom. The van der Waals surface area contributed by atoms with Gasteiger partial charge >= 0.3 is 0 Å². The summed E-state index contributed by atoms with van der Waals surface area (Å²) in [6.45, 7) is 13.8. The Morgan fingerprint density at radius 2 is 0.673 bits per heavy atom. The monoisotopic (exact) mass is 718 g/mol. The molecule has 6 N–H and O–H groups in total. The van der Waals surface area contributed by atoms with Crippen LogP contribution in [0.4, 0.5) is 0 Å². The van der Waals surface area contributed by atoms with E-state index in [-0.39, 0.29) is 25.7 Å². The van der Waals surface area contributed by atoms with Crippen molar-refractivity contribution in [3.63, 3.8) is 0 Å². The first-order valence-electron chi connectivity index (χ1n) is 19.0. The molecule has 3 unspecified atom stereocenters. The number of ether oxygens (including phenoxy) is 3. The van der Waals surface area contributed by atoms with Crippen molar-refractivity contribution in [1.29, 1.82) is 0 Å². The van der Waals surface area contributed by atoms with Crippen LogP contribution in [0.25, 0.3) is 0 Å². The van der Waals surface area contributed by atoms with Crippen molar-refractivity contribution in [3.8, 4) is 17.2 Å². The Labute approximate surface area is 308 Å². The third kappa shape index (κ3) is 12.1. The van der Waals surface area contributed by atoms with Crippen LogP contribution in [0.5, 0.6) is 17.2 Å². The van der Waals surface area contributed by atoms with E-state index in [1.165, 1.54) is 0 Å². The number of aliphatic hydroxyl groups is 3. The van der Waals surface area contributed by atoms with E-state index in [0.29, 0.717) is 36.9 Å². The number of nitrogens with zero attached hydrogens (tertiary/aromatic N) is 3. The van der Waals surface area contributed by atoms with Crippen LogP contribution in [0, 0.1) is 0 Å². The molecule has 52 heavy (non-hydrogen) atoms. The van der Waals surface area contributed by atoms with Crippen LogP contribution in [-0.4, -0.2) is 166 Å². The number of nitrogens with one attached hydrogen (secondary N) is 3. The largest absolute Gasteiger partial charge is 0.491 e. The lowest BCUT2D eigenvalue weighted by Crippen LogP contribution is -2.47. The minimum atomic E-state index is -0.557. The topological polar surface area (TPSA) is 134 Å². The molecule has 3 heterocycles. The molecule has 3 fully saturated rings. The zero-order chi connectivity index (χ0) is 36.0. The highest BCUT2D eigenvalue weighted by Crippen LogP contribution is 2.34. The van der Waals surface area contributed by atoms with Crippen molar-refractivity contribution in [1.82, 2.24) is 30.7 Å². The molecular formula is C40H58N6O6. The summed E-state index contributed by atoms with van der Waals surface area (Å²) in [7, 11) is 0. The Kier molecular flexibility index (Phi) is 15.0. The molecule has 12 heteroatoms. The summed E-state index contributed by atoms with van der Waals surface area (Å²) in [5.74, 6) is 2.07. The lowest BCUT2D eigenvalue weighted by Gasteiger charge is -2.29. The van der Waals surface area contributed by atoms with Crippen molar-refractivity contribution in [3.05, 3.63) is 89.5 Å². The third-order valence-electron chi connectivity index (χ3n) is 10.0. The molecule has 284 valence electrons. The lowest BCUT2D eigenvalue weighted by atomic mass is 9.85. The molecule has 3 saturated heterocycles. The van der Waals surface area contributed by atoms with Crippen molar-refractivity contribution < 1.29 is 29.5 Å². The van der Waals surface area contributed by atoms with E-state index in [1.807, 2.05) is 36.4 Å². The van der Waals surface area contributed by atoms with Crippen molar-refractivity contribution in [2.75, 3.05) is 118 Å². The van der Waals surface area contributed by atoms with Gasteiger partial charge in [0.1, 0.15) is 55.4 Å². The molecule has 0 radical (unpaired) electrons. The number of aliphatic hydroxyl groups excluding tert-OH is 3. The van der Waals surface area contributed by atoms with E-state index in [0.717, 1.165) is 95.2 Å². The standard InChI is InChI=1S/C40H58N6O6/c47-34(25-44-19-13-41-14-20-44)28-50-37-7-1-31(2-8-37)40(32-3-9-38(10-4-32)51-29-35(48)26-45-21-15-42-16-22-45)33-5-11-39(12-6-33)52-30-36(49)27-46-23-17-43-18-24-46/h1-12,34-36,40-43,47-49H,13-30H2. The van der Waals surface area contributed by atoms with Crippen molar-refractivity contribution in [2.24, 2.45) is 0 Å². The Balaban J connectivity index is 1.09. The third-order valence-corrected chi connectivity index (χ3v) is 10.0. The summed E-state index contributed by atoms with van der Waals surface area (Å²) in [6, 6.07) is 24.3. The number of piperazine rings is 3. The molecule has 0 bridgehead atoms. The van der Waals surface area contributed by atoms with E-state index >= 15 is 0 Å². The summed E-state index contributed by atoms with van der Waals surface area (Å²) in [5.41, 5.74) is 3.27. The lowest BCUT2D eigenvalue weighted by molar-refractivity contribution is 0.0640. The summed E-state index contributed by atoms with van der Waals surface area (Å²) >= 11 is 0. The van der Waals surface area contributed by atoms with Gasteiger partial charge in [-0.3, -0.25) is 14.7 Å². The molecule has 3 aliphatic heterocycles. The van der Waals surface area contributed by atoms with E-state index in [1.54, 1.807) is 0 Å². The van der Waals surface area contributed by atoms with E-state index < -0.39 is 18.3 Å². The molecule has 3 atom stereocenters. The number of β-amino-alcohol motifs (C(OH)–C–C–N with tert-alkyl or cyclic N) is 3. The van der Waals surface area contributed by atoms with Crippen LogP contribution in [0.2, 0.25) is 0 Å². The fourth-order valence-electron chi connectivity index (χ4n) is 7.16. The first kappa shape index (κ1) is 38.4. The smallest absolute Gasteiger partial charge is 0.119 e. The number of rotatable bonds is 18. The molecule has 12 nitrogen and oxygen atoms in total. The minimum Gasteiger partial charge on any atom is -0.491 e. The van der Waals surface area contributed by atoms with Gasteiger partial charge in [-0.1, -0.05) is 36.4 Å². The quantitative estimate of drug-likeness (QED) is 0.104. The van der Waals surface area contributed by atoms with Crippen molar-refractivity contribution in [2.45, 2.75) is 24.2 Å². The summed E-state index contributed by atoms with van der Waals surface area (Å²) in [4.78, 5) is 6.78. The average Bonchev–Trinajstić information content (AvgIpc) is 3.18. The van der Waals surface area contributed by atoms with Crippen LogP contribution in [-0.2, 0) is 0 Å². The highest BCUT2D eigenvalue weighted by atomic mass is 16.5. The Hall–Kier alpha value is -3.30. The predicted molar refractivity (Wildman–Crippen MR) is 203 cm³/mol. The van der Waals surface area contributed by atoms with Gasteiger partial charge in [0.05, 0.1) is 0 Å². The maximum absolute atomic E-state index is 10.6. The minimum absolute atomic E-state index is 0.0768. The number of benzene rings is 3. The summed E-state index contributed by atoms with van der Waals surface area (Å²) in [5, 5.41) is 41.8. The van der Waals surface area contributed by atoms with Gasteiger partial charge in [-0.05, 0) is 53.1 Å². The predicted octanol–water partition coefficient (Wildman–Crippen LogP) is 0.802. The SMILES string of the molecule is OC(COc1ccc(C(c2ccc(OCC(O)CN3CCNCC3)cc2)c2ccc(OCC(O)CN3CCNCC3)cc2)cc1)CN1CCNCC1. The number of hydrogen-bond donors (Lipinski definition) is 6. The molecule has 3 aliphatic rings. The average molecular weight is 719 g/mol. The van der Waals surface area contributed by atoms with Gasteiger partial charge < -0.3 is 45.5 Å². The molecule has 0 aliphatic carbocycles. The van der Waals surface area contributed by atoms with Crippen LogP contribution in [0.1, 0.15) is 22.6 Å². The normalized spacial score (nSPS) is 20.1. The highest BCUT2D eigenvalue weighted by Gasteiger charge is 2.20. The second-order valence-electron chi connectivity index (χ2n) is 14.2. The van der Waals surface area contributed by atoms with Gasteiger partial charge in [0.15, 0.2) is 0 Å². The van der Waals surface area contributed by atoms with Gasteiger partial charge in [-0.15, -0.1) is 0 Å². The first-order chi connectivity index (χ1) is 25.5. The van der Waals surface area contributed by atoms with Crippen LogP contribution in [0.3, 0.4) is 0 Å². The molecule has 0 saturated carbocycles. The molecule has 3 aromatic carbocycles. The highest BCUT2D eigenvalue weighted by molar-refractivity contribution is 5.47. The fourth-order valence-corrected chi connectivity index (χ4v) is 7.16. The second kappa shape index (κ2) is 20.2. The van der Waals surface area contributed by atoms with Crippen LogP contribution < -0.4 is 30.2 Å². The van der Waals surface area contributed by atoms with Gasteiger partial charge in [0, 0.05) is 104 Å². The van der Waals surface area contributed by atoms with Gasteiger partial charge in [0.25, 0.3) is 0 Å². The molecule has 0 amide bonds. The molecule has 6 rings (SSSR count). The van der Waals surface area contributed by atoms with E-state index in [2.05, 4.69) is 67.0 Å². The van der Waals surface area contributed by atoms with E-state index in [4.69, 9.17) is 14.2 Å². The molecule has 0 aromatic heterocycles. The fraction of sp³-hybridized carbons (Fsp3) is 0.550. The molecule has 3 aromatic rings. The summed E-state index contributed by atoms with van der Waals surface area (Å²) < 4.78 is 18.0.